The Bertz CT molecular complexity index is 974. The number of rotatable bonds is 9. The van der Waals surface area contributed by atoms with Gasteiger partial charge in [0.1, 0.15) is 12.4 Å². The highest BCUT2D eigenvalue weighted by molar-refractivity contribution is 7.99. The maximum Gasteiger partial charge on any atom is 0.253 e. The van der Waals surface area contributed by atoms with Crippen molar-refractivity contribution in [3.05, 3.63) is 72.6 Å². The van der Waals surface area contributed by atoms with Gasteiger partial charge in [0.25, 0.3) is 5.91 Å². The normalized spacial score (nSPS) is 10.5. The second-order valence-corrected chi connectivity index (χ2v) is 7.57. The quantitative estimate of drug-likeness (QED) is 0.534. The molecule has 0 fully saturated rings. The first-order valence-corrected chi connectivity index (χ1v) is 10.4. The Morgan fingerprint density at radius 1 is 1.13 bits per heavy atom. The van der Waals surface area contributed by atoms with Crippen LogP contribution in [0, 0.1) is 0 Å². The molecule has 2 amide bonds. The second kappa shape index (κ2) is 10.5. The lowest BCUT2D eigenvalue weighted by Gasteiger charge is -2.18. The molecule has 8 heteroatoms. The minimum atomic E-state index is -0.128. The minimum Gasteiger partial charge on any atom is -0.492 e. The Balaban J connectivity index is 1.45. The van der Waals surface area contributed by atoms with Gasteiger partial charge < -0.3 is 19.5 Å². The van der Waals surface area contributed by atoms with Crippen molar-refractivity contribution >= 4 is 29.3 Å². The molecule has 1 N–H and O–H groups in total. The van der Waals surface area contributed by atoms with Crippen molar-refractivity contribution in [3.63, 3.8) is 0 Å². The zero-order chi connectivity index (χ0) is 21.3. The highest BCUT2D eigenvalue weighted by atomic mass is 32.2. The number of likely N-dealkylation sites (N-methyl/N-ethyl adjacent to an activating group) is 1. The van der Waals surface area contributed by atoms with Crippen molar-refractivity contribution in [3.8, 4) is 5.75 Å². The fourth-order valence-electron chi connectivity index (χ4n) is 2.65. The Hall–Kier alpha value is -3.26. The molecular weight excluding hydrogens is 400 g/mol. The highest BCUT2D eigenvalue weighted by Crippen LogP contribution is 2.16. The maximum absolute atomic E-state index is 12.6. The average Bonchev–Trinajstić information content (AvgIpc) is 3.17. The number of nitrogens with zero attached hydrogens (tertiary/aromatic N) is 3. The summed E-state index contributed by atoms with van der Waals surface area (Å²) in [4.78, 5) is 30.5. The first kappa shape index (κ1) is 21.4. The van der Waals surface area contributed by atoms with E-state index >= 15 is 0 Å². The number of aromatic nitrogens is 2. The van der Waals surface area contributed by atoms with Crippen LogP contribution in [0.5, 0.6) is 5.75 Å². The van der Waals surface area contributed by atoms with Crippen LogP contribution in [0.3, 0.4) is 0 Å². The van der Waals surface area contributed by atoms with Crippen molar-refractivity contribution in [1.82, 2.24) is 14.5 Å². The smallest absolute Gasteiger partial charge is 0.253 e. The molecule has 0 aliphatic carbocycles. The van der Waals surface area contributed by atoms with E-state index in [9.17, 15) is 9.59 Å². The third kappa shape index (κ3) is 6.12. The summed E-state index contributed by atoms with van der Waals surface area (Å²) in [5, 5.41) is 3.61. The van der Waals surface area contributed by atoms with Gasteiger partial charge >= 0.3 is 0 Å². The van der Waals surface area contributed by atoms with E-state index in [4.69, 9.17) is 4.74 Å². The number of carbonyl (C=O) groups excluding carboxylic acids is 2. The largest absolute Gasteiger partial charge is 0.492 e. The van der Waals surface area contributed by atoms with Gasteiger partial charge in [0.05, 0.1) is 12.3 Å². The number of aryl methyl sites for hydroxylation is 1. The van der Waals surface area contributed by atoms with E-state index < -0.39 is 0 Å². The Labute approximate surface area is 180 Å². The van der Waals surface area contributed by atoms with Gasteiger partial charge in [0.15, 0.2) is 5.16 Å². The van der Waals surface area contributed by atoms with E-state index in [1.807, 2.05) is 48.1 Å². The van der Waals surface area contributed by atoms with E-state index in [0.29, 0.717) is 24.4 Å². The molecule has 0 saturated carbocycles. The molecule has 0 unspecified atom stereocenters. The monoisotopic (exact) mass is 424 g/mol. The lowest BCUT2D eigenvalue weighted by molar-refractivity contribution is -0.113. The van der Waals surface area contributed by atoms with Crippen LogP contribution in [-0.2, 0) is 11.8 Å². The molecule has 2 aromatic carbocycles. The number of carbonyl (C=O) groups is 2. The van der Waals surface area contributed by atoms with Crippen LogP contribution in [0.2, 0.25) is 0 Å². The predicted octanol–water partition coefficient (Wildman–Crippen LogP) is 3.30. The van der Waals surface area contributed by atoms with Gasteiger partial charge in [-0.1, -0.05) is 30.0 Å². The van der Waals surface area contributed by atoms with Crippen LogP contribution >= 0.6 is 11.8 Å². The van der Waals surface area contributed by atoms with Crippen molar-refractivity contribution in [2.24, 2.45) is 7.05 Å². The summed E-state index contributed by atoms with van der Waals surface area (Å²) in [6.45, 7) is 0.880. The van der Waals surface area contributed by atoms with Crippen LogP contribution in [0.1, 0.15) is 10.4 Å². The lowest BCUT2D eigenvalue weighted by atomic mass is 10.2. The number of hydrogen-bond acceptors (Lipinski definition) is 5. The van der Waals surface area contributed by atoms with Crippen molar-refractivity contribution in [2.45, 2.75) is 5.16 Å². The van der Waals surface area contributed by atoms with Gasteiger partial charge in [-0.2, -0.15) is 0 Å². The van der Waals surface area contributed by atoms with Crippen molar-refractivity contribution in [2.75, 3.05) is 31.3 Å². The van der Waals surface area contributed by atoms with Gasteiger partial charge in [-0.05, 0) is 36.4 Å². The molecule has 0 saturated heterocycles. The first-order chi connectivity index (χ1) is 14.5. The summed E-state index contributed by atoms with van der Waals surface area (Å²) in [5.74, 6) is 0.807. The third-order valence-electron chi connectivity index (χ3n) is 4.31. The number of ether oxygens (including phenoxy) is 1. The van der Waals surface area contributed by atoms with Gasteiger partial charge in [-0.15, -0.1) is 0 Å². The summed E-state index contributed by atoms with van der Waals surface area (Å²) < 4.78 is 7.49. The van der Waals surface area contributed by atoms with Crippen molar-refractivity contribution in [1.29, 1.82) is 0 Å². The summed E-state index contributed by atoms with van der Waals surface area (Å²) in [7, 11) is 3.62. The first-order valence-electron chi connectivity index (χ1n) is 9.46. The lowest BCUT2D eigenvalue weighted by Crippen LogP contribution is -2.30. The predicted molar refractivity (Wildman–Crippen MR) is 118 cm³/mol. The van der Waals surface area contributed by atoms with E-state index in [1.165, 1.54) is 11.8 Å². The summed E-state index contributed by atoms with van der Waals surface area (Å²) in [6.07, 6.45) is 3.53. The molecule has 3 aromatic rings. The molecule has 0 spiro atoms. The van der Waals surface area contributed by atoms with E-state index in [1.54, 1.807) is 42.4 Å². The topological polar surface area (TPSA) is 76.5 Å². The van der Waals surface area contributed by atoms with Crippen molar-refractivity contribution < 1.29 is 14.3 Å². The zero-order valence-electron chi connectivity index (χ0n) is 16.9. The maximum atomic E-state index is 12.6. The van der Waals surface area contributed by atoms with E-state index in [-0.39, 0.29) is 17.6 Å². The molecular formula is C22H24N4O3S. The molecule has 0 bridgehead atoms. The average molecular weight is 425 g/mol. The standard InChI is InChI=1S/C22H24N4O3S/c1-25(14-15-29-19-6-4-3-5-7-19)21(28)17-8-10-18(11-9-17)24-20(27)16-30-22-23-12-13-26(22)2/h3-13H,14-16H2,1-2H3,(H,24,27). The van der Waals surface area contributed by atoms with Gasteiger partial charge in [0.2, 0.25) is 5.91 Å². The highest BCUT2D eigenvalue weighted by Gasteiger charge is 2.12. The Kier molecular flexibility index (Phi) is 7.51. The third-order valence-corrected chi connectivity index (χ3v) is 5.37. The number of thioether (sulfide) groups is 1. The minimum absolute atomic E-state index is 0.102. The van der Waals surface area contributed by atoms with Gasteiger partial charge in [-0.3, -0.25) is 9.59 Å². The molecule has 30 heavy (non-hydrogen) atoms. The number of hydrogen-bond donors (Lipinski definition) is 1. The van der Waals surface area contributed by atoms with Gasteiger partial charge in [-0.25, -0.2) is 4.98 Å². The second-order valence-electron chi connectivity index (χ2n) is 6.62. The molecule has 156 valence electrons. The SMILES string of the molecule is CN(CCOc1ccccc1)C(=O)c1ccc(NC(=O)CSc2nccn2C)cc1. The molecule has 1 aromatic heterocycles. The number of anilines is 1. The van der Waals surface area contributed by atoms with Crippen LogP contribution in [0.25, 0.3) is 0 Å². The number of amides is 2. The van der Waals surface area contributed by atoms with E-state index in [2.05, 4.69) is 10.3 Å². The van der Waals surface area contributed by atoms with Crippen LogP contribution in [0.15, 0.2) is 72.1 Å². The number of imidazole rings is 1. The molecule has 1 heterocycles. The fourth-order valence-corrected chi connectivity index (χ4v) is 3.39. The summed E-state index contributed by atoms with van der Waals surface area (Å²) >= 11 is 1.37. The van der Waals surface area contributed by atoms with Crippen LogP contribution in [0.4, 0.5) is 5.69 Å². The fraction of sp³-hybridized carbons (Fsp3) is 0.227. The molecule has 7 nitrogen and oxygen atoms in total. The molecule has 0 aliphatic heterocycles. The van der Waals surface area contributed by atoms with E-state index in [0.717, 1.165) is 10.9 Å². The molecule has 0 aliphatic rings. The number of benzene rings is 2. The summed E-state index contributed by atoms with van der Waals surface area (Å²) in [5.41, 5.74) is 1.20. The van der Waals surface area contributed by atoms with Crippen LogP contribution < -0.4 is 10.1 Å². The number of nitrogens with one attached hydrogen (secondary N) is 1. The number of para-hydroxylation sites is 1. The Morgan fingerprint density at radius 3 is 2.53 bits per heavy atom. The molecule has 0 radical (unpaired) electrons. The summed E-state index contributed by atoms with van der Waals surface area (Å²) in [6, 6.07) is 16.4. The molecule has 3 rings (SSSR count). The molecule has 0 atom stereocenters. The van der Waals surface area contributed by atoms with Gasteiger partial charge in [0, 0.05) is 37.7 Å². The Morgan fingerprint density at radius 2 is 1.87 bits per heavy atom. The van der Waals surface area contributed by atoms with Crippen LogP contribution in [-0.4, -0.2) is 52.2 Å². The zero-order valence-corrected chi connectivity index (χ0v) is 17.8.